The first-order chi connectivity index (χ1) is 14.3. The molecular formula is C19H39NO10. The van der Waals surface area contributed by atoms with Gasteiger partial charge < -0.3 is 44.7 Å². The third kappa shape index (κ3) is 18.8. The van der Waals surface area contributed by atoms with Crippen molar-refractivity contribution < 1.29 is 48.6 Å². The lowest BCUT2D eigenvalue weighted by Gasteiger charge is -2.35. The average molecular weight is 442 g/mol. The molecule has 180 valence electrons. The van der Waals surface area contributed by atoms with Crippen molar-refractivity contribution >= 4 is 11.7 Å². The van der Waals surface area contributed by atoms with E-state index in [1.807, 2.05) is 13.8 Å². The molecule has 0 spiro atoms. The van der Waals surface area contributed by atoms with Gasteiger partial charge in [-0.1, -0.05) is 13.8 Å². The topological polar surface area (TPSA) is 167 Å². The molecule has 0 bridgehead atoms. The zero-order valence-corrected chi connectivity index (χ0v) is 18.5. The Morgan fingerprint density at radius 2 is 1.43 bits per heavy atom. The highest BCUT2D eigenvalue weighted by Gasteiger charge is 2.36. The highest BCUT2D eigenvalue weighted by molar-refractivity contribution is 5.76. The number of ketones is 1. The van der Waals surface area contributed by atoms with Crippen LogP contribution in [0.25, 0.3) is 0 Å². The Morgan fingerprint density at radius 1 is 0.967 bits per heavy atom. The molecule has 1 amide bonds. The van der Waals surface area contributed by atoms with Gasteiger partial charge in [0.15, 0.2) is 12.1 Å². The zero-order valence-electron chi connectivity index (χ0n) is 18.5. The predicted molar refractivity (Wildman–Crippen MR) is 108 cm³/mol. The highest BCUT2D eigenvalue weighted by Crippen LogP contribution is 2.20. The summed E-state index contributed by atoms with van der Waals surface area (Å²) in [6.07, 6.45) is -3.48. The fourth-order valence-corrected chi connectivity index (χ4v) is 2.07. The number of primary amides is 1. The van der Waals surface area contributed by atoms with Gasteiger partial charge in [-0.25, -0.2) is 0 Å². The zero-order chi connectivity index (χ0) is 23.4. The average Bonchev–Trinajstić information content (AvgIpc) is 2.69. The van der Waals surface area contributed by atoms with Crippen molar-refractivity contribution in [3.8, 4) is 0 Å². The van der Waals surface area contributed by atoms with Crippen LogP contribution in [-0.4, -0.2) is 104 Å². The largest absolute Gasteiger partial charge is 0.394 e. The highest BCUT2D eigenvalue weighted by atomic mass is 16.7. The number of hydrogen-bond donors (Lipinski definition) is 4. The lowest BCUT2D eigenvalue weighted by Crippen LogP contribution is -2.50. The van der Waals surface area contributed by atoms with Crippen LogP contribution in [-0.2, 0) is 33.3 Å². The molecule has 1 aliphatic heterocycles. The van der Waals surface area contributed by atoms with Crippen LogP contribution < -0.4 is 5.73 Å². The molecule has 0 aliphatic carbocycles. The molecule has 30 heavy (non-hydrogen) atoms. The molecule has 1 fully saturated rings. The van der Waals surface area contributed by atoms with E-state index in [1.54, 1.807) is 0 Å². The standard InChI is InChI=1S/C15H28O9.C2H5NO.C2H6/c1-11(17)10-22-5-4-20-2-3-21-6-7-23-14-8-12(18)15(19)13(9-16)24-14;1-2(3)4;1-2/h12-16,18-19H,2-10H2,1H3;1H3,(H2,3,4);1-2H3. The van der Waals surface area contributed by atoms with Gasteiger partial charge in [0.05, 0.1) is 52.4 Å². The van der Waals surface area contributed by atoms with Crippen LogP contribution in [0.2, 0.25) is 0 Å². The Labute approximate surface area is 178 Å². The van der Waals surface area contributed by atoms with Crippen molar-refractivity contribution in [2.75, 3.05) is 52.9 Å². The van der Waals surface area contributed by atoms with Crippen LogP contribution >= 0.6 is 0 Å². The number of ether oxygens (including phenoxy) is 5. The van der Waals surface area contributed by atoms with E-state index in [4.69, 9.17) is 28.8 Å². The molecule has 4 unspecified atom stereocenters. The molecule has 0 saturated carbocycles. The van der Waals surface area contributed by atoms with E-state index in [9.17, 15) is 19.8 Å². The normalized spacial score (nSPS) is 22.9. The number of aliphatic hydroxyl groups is 3. The number of carbonyl (C=O) groups excluding carboxylic acids is 2. The lowest BCUT2D eigenvalue weighted by atomic mass is 10.0. The third-order valence-electron chi connectivity index (χ3n) is 3.30. The first kappa shape index (κ1) is 31.0. The number of rotatable bonds is 13. The molecule has 1 saturated heterocycles. The van der Waals surface area contributed by atoms with Crippen molar-refractivity contribution in [3.05, 3.63) is 0 Å². The second kappa shape index (κ2) is 21.1. The molecule has 0 aromatic carbocycles. The van der Waals surface area contributed by atoms with Crippen molar-refractivity contribution in [1.82, 2.24) is 0 Å². The molecule has 0 radical (unpaired) electrons. The van der Waals surface area contributed by atoms with Gasteiger partial charge in [0, 0.05) is 13.3 Å². The molecular weight excluding hydrogens is 402 g/mol. The van der Waals surface area contributed by atoms with Gasteiger partial charge >= 0.3 is 0 Å². The molecule has 11 heteroatoms. The first-order valence-corrected chi connectivity index (χ1v) is 10.0. The second-order valence-corrected chi connectivity index (χ2v) is 6.04. The summed E-state index contributed by atoms with van der Waals surface area (Å²) in [5, 5.41) is 28.3. The Kier molecular flexibility index (Phi) is 21.8. The van der Waals surface area contributed by atoms with E-state index in [1.165, 1.54) is 13.8 Å². The minimum atomic E-state index is -1.11. The van der Waals surface area contributed by atoms with Gasteiger partial charge in [-0.05, 0) is 6.92 Å². The third-order valence-corrected chi connectivity index (χ3v) is 3.30. The smallest absolute Gasteiger partial charge is 0.214 e. The Morgan fingerprint density at radius 3 is 1.90 bits per heavy atom. The van der Waals surface area contributed by atoms with Gasteiger partial charge in [0.2, 0.25) is 5.91 Å². The summed E-state index contributed by atoms with van der Waals surface area (Å²) >= 11 is 0. The van der Waals surface area contributed by atoms with Crippen LogP contribution in [0.3, 0.4) is 0 Å². The summed E-state index contributed by atoms with van der Waals surface area (Å²) < 4.78 is 26.3. The van der Waals surface area contributed by atoms with Crippen LogP contribution in [0.1, 0.15) is 34.1 Å². The Balaban J connectivity index is 0. The summed E-state index contributed by atoms with van der Waals surface area (Å²) in [6, 6.07) is 0. The van der Waals surface area contributed by atoms with Gasteiger partial charge in [-0.15, -0.1) is 0 Å². The van der Waals surface area contributed by atoms with Crippen LogP contribution in [0, 0.1) is 0 Å². The van der Waals surface area contributed by atoms with Crippen molar-refractivity contribution in [3.63, 3.8) is 0 Å². The maximum Gasteiger partial charge on any atom is 0.214 e. The maximum absolute atomic E-state index is 10.6. The molecule has 1 aliphatic rings. The van der Waals surface area contributed by atoms with Crippen molar-refractivity contribution in [2.24, 2.45) is 5.73 Å². The lowest BCUT2D eigenvalue weighted by molar-refractivity contribution is -0.259. The molecule has 1 heterocycles. The molecule has 11 nitrogen and oxygen atoms in total. The fraction of sp³-hybridized carbons (Fsp3) is 0.895. The minimum absolute atomic E-state index is 0.0207. The van der Waals surface area contributed by atoms with Gasteiger partial charge in [-0.3, -0.25) is 9.59 Å². The molecule has 5 N–H and O–H groups in total. The van der Waals surface area contributed by atoms with E-state index >= 15 is 0 Å². The molecule has 4 atom stereocenters. The quantitative estimate of drug-likeness (QED) is 0.260. The van der Waals surface area contributed by atoms with Crippen molar-refractivity contribution in [1.29, 1.82) is 0 Å². The van der Waals surface area contributed by atoms with Crippen LogP contribution in [0.5, 0.6) is 0 Å². The van der Waals surface area contributed by atoms with E-state index in [-0.39, 0.29) is 37.9 Å². The van der Waals surface area contributed by atoms with Crippen molar-refractivity contribution in [2.45, 2.75) is 58.7 Å². The van der Waals surface area contributed by atoms with E-state index in [2.05, 4.69) is 5.73 Å². The summed E-state index contributed by atoms with van der Waals surface area (Å²) in [6.45, 7) is 8.61. The fourth-order valence-electron chi connectivity index (χ4n) is 2.07. The van der Waals surface area contributed by atoms with Gasteiger partial charge in [-0.2, -0.15) is 0 Å². The maximum atomic E-state index is 10.6. The van der Waals surface area contributed by atoms with E-state index in [0.717, 1.165) is 0 Å². The summed E-state index contributed by atoms with van der Waals surface area (Å²) in [7, 11) is 0. The number of nitrogens with two attached hydrogens (primary N) is 1. The van der Waals surface area contributed by atoms with E-state index in [0.29, 0.717) is 33.0 Å². The SMILES string of the molecule is CC.CC(=O)COCCOCCOCCOC1CC(O)C(O)C(CO)O1.CC(N)=O. The number of amides is 1. The second-order valence-electron chi connectivity index (χ2n) is 6.04. The molecule has 0 aromatic rings. The van der Waals surface area contributed by atoms with Crippen LogP contribution in [0.15, 0.2) is 0 Å². The minimum Gasteiger partial charge on any atom is -0.394 e. The summed E-state index contributed by atoms with van der Waals surface area (Å²) in [5.41, 5.74) is 4.47. The van der Waals surface area contributed by atoms with Crippen LogP contribution in [0.4, 0.5) is 0 Å². The molecule has 0 aromatic heterocycles. The number of hydrogen-bond acceptors (Lipinski definition) is 10. The predicted octanol–water partition coefficient (Wildman–Crippen LogP) is -1.01. The van der Waals surface area contributed by atoms with Gasteiger partial charge in [0.25, 0.3) is 0 Å². The number of carbonyl (C=O) groups is 2. The summed E-state index contributed by atoms with van der Waals surface area (Å²) in [5.74, 6) is -0.354. The van der Waals surface area contributed by atoms with E-state index < -0.39 is 24.6 Å². The first-order valence-electron chi connectivity index (χ1n) is 10.0. The number of Topliss-reactive ketones (excluding diaryl/α,β-unsaturated/α-hetero) is 1. The summed E-state index contributed by atoms with van der Waals surface area (Å²) in [4.78, 5) is 19.8. The monoisotopic (exact) mass is 441 g/mol. The van der Waals surface area contributed by atoms with Gasteiger partial charge in [0.1, 0.15) is 18.8 Å². The number of aliphatic hydroxyl groups excluding tert-OH is 3. The Hall–Kier alpha value is -1.18. The Bertz CT molecular complexity index is 420. The molecule has 1 rings (SSSR count).